The molecule has 0 spiro atoms. The summed E-state index contributed by atoms with van der Waals surface area (Å²) in [6, 6.07) is 18.6. The van der Waals surface area contributed by atoms with Gasteiger partial charge in [0.15, 0.2) is 0 Å². The molecule has 0 bridgehead atoms. The van der Waals surface area contributed by atoms with Crippen molar-refractivity contribution in [2.24, 2.45) is 0 Å². The molecule has 0 unspecified atom stereocenters. The second kappa shape index (κ2) is 7.45. The fourth-order valence-electron chi connectivity index (χ4n) is 1.53. The zero-order valence-corrected chi connectivity index (χ0v) is 10.7. The van der Waals surface area contributed by atoms with E-state index in [1.165, 1.54) is 16.7 Å². The van der Waals surface area contributed by atoms with Crippen LogP contribution in [0.3, 0.4) is 0 Å². The van der Waals surface area contributed by atoms with Gasteiger partial charge in [0, 0.05) is 0 Å². The van der Waals surface area contributed by atoms with Gasteiger partial charge >= 0.3 is 0 Å². The molecule has 0 atom stereocenters. The molecule has 0 nitrogen and oxygen atoms in total. The summed E-state index contributed by atoms with van der Waals surface area (Å²) in [6.45, 7) is 7.93. The summed E-state index contributed by atoms with van der Waals surface area (Å²) in [4.78, 5) is 0. The highest BCUT2D eigenvalue weighted by atomic mass is 13.9. The van der Waals surface area contributed by atoms with Crippen LogP contribution < -0.4 is 0 Å². The van der Waals surface area contributed by atoms with Gasteiger partial charge in [-0.25, -0.2) is 0 Å². The smallest absolute Gasteiger partial charge is 0.0233 e. The Morgan fingerprint density at radius 3 is 1.94 bits per heavy atom. The fraction of sp³-hybridized carbons (Fsp3) is 0.176. The predicted octanol–water partition coefficient (Wildman–Crippen LogP) is 4.89. The number of aryl methyl sites for hydroxylation is 2. The molecule has 0 saturated heterocycles. The minimum atomic E-state index is 1.14. The number of rotatable bonds is 2. The van der Waals surface area contributed by atoms with Gasteiger partial charge in [0.05, 0.1) is 0 Å². The lowest BCUT2D eigenvalue weighted by molar-refractivity contribution is 1.14. The molecule has 0 amide bonds. The molecule has 0 aromatic heterocycles. The molecular formula is C17H20. The molecule has 2 aromatic carbocycles. The Balaban J connectivity index is 0.000000171. The third kappa shape index (κ3) is 4.69. The van der Waals surface area contributed by atoms with Gasteiger partial charge in [-0.15, -0.1) is 0 Å². The molecule has 88 valence electrons. The van der Waals surface area contributed by atoms with E-state index in [2.05, 4.69) is 56.8 Å². The summed E-state index contributed by atoms with van der Waals surface area (Å²) in [5.41, 5.74) is 3.91. The lowest BCUT2D eigenvalue weighted by atomic mass is 10.1. The predicted molar refractivity (Wildman–Crippen MR) is 77.1 cm³/mol. The first-order valence-electron chi connectivity index (χ1n) is 6.00. The first-order valence-corrected chi connectivity index (χ1v) is 6.00. The zero-order chi connectivity index (χ0) is 12.5. The molecule has 0 heteroatoms. The lowest BCUT2D eigenvalue weighted by Crippen LogP contribution is -1.75. The van der Waals surface area contributed by atoms with Gasteiger partial charge in [-0.1, -0.05) is 74.2 Å². The molecule has 0 fully saturated rings. The fourth-order valence-corrected chi connectivity index (χ4v) is 1.53. The minimum Gasteiger partial charge on any atom is -0.0985 e. The van der Waals surface area contributed by atoms with Gasteiger partial charge in [-0.3, -0.25) is 0 Å². The van der Waals surface area contributed by atoms with Crippen molar-refractivity contribution >= 4 is 6.08 Å². The average Bonchev–Trinajstić information content (AvgIpc) is 2.41. The van der Waals surface area contributed by atoms with E-state index >= 15 is 0 Å². The second-order valence-corrected chi connectivity index (χ2v) is 3.90. The van der Waals surface area contributed by atoms with Crippen molar-refractivity contribution in [3.63, 3.8) is 0 Å². The number of hydrogen-bond donors (Lipinski definition) is 0. The quantitative estimate of drug-likeness (QED) is 0.681. The van der Waals surface area contributed by atoms with Crippen LogP contribution in [-0.4, -0.2) is 0 Å². The Hall–Kier alpha value is -1.82. The first-order chi connectivity index (χ1) is 8.27. The molecule has 0 saturated carbocycles. The SMILES string of the molecule is C=Cc1ccccc1C.CCc1ccccc1. The number of benzene rings is 2. The van der Waals surface area contributed by atoms with Crippen LogP contribution in [0.5, 0.6) is 0 Å². The molecule has 0 radical (unpaired) electrons. The van der Waals surface area contributed by atoms with Gasteiger partial charge in [-0.05, 0) is 30.0 Å². The molecule has 0 aliphatic rings. The van der Waals surface area contributed by atoms with Crippen LogP contribution >= 0.6 is 0 Å². The largest absolute Gasteiger partial charge is 0.0985 e. The van der Waals surface area contributed by atoms with E-state index in [1.807, 2.05) is 24.3 Å². The Bertz CT molecular complexity index is 441. The maximum atomic E-state index is 3.69. The van der Waals surface area contributed by atoms with Crippen molar-refractivity contribution in [3.05, 3.63) is 77.9 Å². The van der Waals surface area contributed by atoms with Crippen molar-refractivity contribution in [2.75, 3.05) is 0 Å². The van der Waals surface area contributed by atoms with Crippen LogP contribution in [0, 0.1) is 6.92 Å². The van der Waals surface area contributed by atoms with Gasteiger partial charge in [0.25, 0.3) is 0 Å². The first kappa shape index (κ1) is 13.2. The molecule has 0 heterocycles. The van der Waals surface area contributed by atoms with Gasteiger partial charge in [-0.2, -0.15) is 0 Å². The molecule has 0 N–H and O–H groups in total. The van der Waals surface area contributed by atoms with Gasteiger partial charge < -0.3 is 0 Å². The van der Waals surface area contributed by atoms with Gasteiger partial charge in [0.2, 0.25) is 0 Å². The van der Waals surface area contributed by atoms with Gasteiger partial charge in [0.1, 0.15) is 0 Å². The molecule has 0 aliphatic heterocycles. The molecule has 2 aromatic rings. The van der Waals surface area contributed by atoms with E-state index < -0.39 is 0 Å². The summed E-state index contributed by atoms with van der Waals surface area (Å²) in [5, 5.41) is 0. The van der Waals surface area contributed by atoms with Crippen molar-refractivity contribution in [1.82, 2.24) is 0 Å². The monoisotopic (exact) mass is 224 g/mol. The Kier molecular flexibility index (Phi) is 5.81. The topological polar surface area (TPSA) is 0 Å². The maximum Gasteiger partial charge on any atom is -0.0233 e. The minimum absolute atomic E-state index is 1.14. The molecule has 0 aliphatic carbocycles. The standard InChI is InChI=1S/C9H10.C8H10/c1-3-9-7-5-4-6-8(9)2;1-2-8-6-4-3-5-7-8/h3-7H,1H2,2H3;3-7H,2H2,1H3. The van der Waals surface area contributed by atoms with E-state index in [0.29, 0.717) is 0 Å². The summed E-state index contributed by atoms with van der Waals surface area (Å²) in [7, 11) is 0. The third-order valence-corrected chi connectivity index (χ3v) is 2.66. The van der Waals surface area contributed by atoms with E-state index in [-0.39, 0.29) is 0 Å². The van der Waals surface area contributed by atoms with Crippen LogP contribution in [0.4, 0.5) is 0 Å². The summed E-state index contributed by atoms with van der Waals surface area (Å²) >= 11 is 0. The third-order valence-electron chi connectivity index (χ3n) is 2.66. The van der Waals surface area contributed by atoms with E-state index in [9.17, 15) is 0 Å². The Morgan fingerprint density at radius 2 is 1.53 bits per heavy atom. The number of hydrogen-bond acceptors (Lipinski definition) is 0. The molecule has 2 rings (SSSR count). The Morgan fingerprint density at radius 1 is 0.941 bits per heavy atom. The van der Waals surface area contributed by atoms with Crippen LogP contribution in [0.25, 0.3) is 6.08 Å². The molecule has 17 heavy (non-hydrogen) atoms. The van der Waals surface area contributed by atoms with Crippen LogP contribution in [0.2, 0.25) is 0 Å². The van der Waals surface area contributed by atoms with Crippen LogP contribution in [0.1, 0.15) is 23.6 Å². The summed E-state index contributed by atoms with van der Waals surface area (Å²) in [5.74, 6) is 0. The van der Waals surface area contributed by atoms with Crippen LogP contribution in [-0.2, 0) is 6.42 Å². The zero-order valence-electron chi connectivity index (χ0n) is 10.7. The highest BCUT2D eigenvalue weighted by Gasteiger charge is 1.86. The summed E-state index contributed by atoms with van der Waals surface area (Å²) < 4.78 is 0. The summed E-state index contributed by atoms with van der Waals surface area (Å²) in [6.07, 6.45) is 3.01. The molecular weight excluding hydrogens is 204 g/mol. The Labute approximate surface area is 105 Å². The normalized spacial score (nSPS) is 9.06. The van der Waals surface area contributed by atoms with E-state index in [4.69, 9.17) is 0 Å². The van der Waals surface area contributed by atoms with Crippen molar-refractivity contribution in [3.8, 4) is 0 Å². The van der Waals surface area contributed by atoms with Crippen molar-refractivity contribution in [2.45, 2.75) is 20.3 Å². The second-order valence-electron chi connectivity index (χ2n) is 3.90. The van der Waals surface area contributed by atoms with Crippen LogP contribution in [0.15, 0.2) is 61.2 Å². The lowest BCUT2D eigenvalue weighted by Gasteiger charge is -1.95. The highest BCUT2D eigenvalue weighted by Crippen LogP contribution is 2.06. The highest BCUT2D eigenvalue weighted by molar-refractivity contribution is 5.50. The van der Waals surface area contributed by atoms with Crippen molar-refractivity contribution < 1.29 is 0 Å². The van der Waals surface area contributed by atoms with Crippen molar-refractivity contribution in [1.29, 1.82) is 0 Å². The van der Waals surface area contributed by atoms with E-state index in [0.717, 1.165) is 6.42 Å². The average molecular weight is 224 g/mol. The maximum absolute atomic E-state index is 3.69. The van der Waals surface area contributed by atoms with E-state index in [1.54, 1.807) is 0 Å².